The maximum atomic E-state index is 12.7. The lowest BCUT2D eigenvalue weighted by Gasteiger charge is -2.35. The number of nitrogens with zero attached hydrogens (tertiary/aromatic N) is 2. The molecule has 2 saturated carbocycles. The van der Waals surface area contributed by atoms with Crippen molar-refractivity contribution in [3.8, 4) is 0 Å². The molecule has 0 bridgehead atoms. The van der Waals surface area contributed by atoms with Crippen molar-refractivity contribution in [2.24, 2.45) is 11.8 Å². The van der Waals surface area contributed by atoms with Crippen molar-refractivity contribution < 1.29 is 4.21 Å². The maximum Gasteiger partial charge on any atom is 0.123 e. The third-order valence-electron chi connectivity index (χ3n) is 5.74. The summed E-state index contributed by atoms with van der Waals surface area (Å²) >= 11 is 2.33. The SMILES string of the molecule is CCCC1(N[S@@](=O)C(C)(C)C)C[C@@H]2C(c3cc(I)nn3C(C)C)[C@@H]2C1. The van der Waals surface area contributed by atoms with Crippen molar-refractivity contribution in [1.29, 1.82) is 0 Å². The van der Waals surface area contributed by atoms with Crippen LogP contribution in [0, 0.1) is 15.5 Å². The van der Waals surface area contributed by atoms with E-state index >= 15 is 0 Å². The zero-order valence-corrected chi connectivity index (χ0v) is 19.3. The molecule has 0 amide bonds. The number of hydrogen-bond acceptors (Lipinski definition) is 2. The third kappa shape index (κ3) is 3.86. The molecule has 1 N–H and O–H groups in total. The molecular formula is C19H32IN3OS. The Labute approximate surface area is 168 Å². The van der Waals surface area contributed by atoms with Gasteiger partial charge in [-0.15, -0.1) is 0 Å². The van der Waals surface area contributed by atoms with Crippen LogP contribution >= 0.6 is 22.6 Å². The fourth-order valence-electron chi connectivity index (χ4n) is 4.63. The van der Waals surface area contributed by atoms with Crippen molar-refractivity contribution in [3.63, 3.8) is 0 Å². The van der Waals surface area contributed by atoms with Gasteiger partial charge in [0.2, 0.25) is 0 Å². The van der Waals surface area contributed by atoms with Gasteiger partial charge in [-0.1, -0.05) is 13.3 Å². The average molecular weight is 477 g/mol. The molecule has 1 aromatic heterocycles. The Kier molecular flexibility index (Phi) is 5.46. The quantitative estimate of drug-likeness (QED) is 0.600. The van der Waals surface area contributed by atoms with Gasteiger partial charge in [-0.2, -0.15) is 5.10 Å². The van der Waals surface area contributed by atoms with Gasteiger partial charge in [0, 0.05) is 23.2 Å². The summed E-state index contributed by atoms with van der Waals surface area (Å²) < 4.78 is 19.4. The predicted octanol–water partition coefficient (Wildman–Crippen LogP) is 4.78. The second-order valence-electron chi connectivity index (χ2n) is 9.21. The van der Waals surface area contributed by atoms with E-state index in [0.29, 0.717) is 12.0 Å². The van der Waals surface area contributed by atoms with Crippen LogP contribution < -0.4 is 4.72 Å². The Bertz CT molecular complexity index is 652. The molecule has 25 heavy (non-hydrogen) atoms. The summed E-state index contributed by atoms with van der Waals surface area (Å²) in [5.41, 5.74) is 1.48. The van der Waals surface area contributed by atoms with Crippen LogP contribution in [0.15, 0.2) is 6.07 Å². The molecule has 2 unspecified atom stereocenters. The summed E-state index contributed by atoms with van der Waals surface area (Å²) in [5.74, 6) is 2.09. The third-order valence-corrected chi connectivity index (χ3v) is 8.00. The minimum absolute atomic E-state index is 0.0640. The van der Waals surface area contributed by atoms with Crippen molar-refractivity contribution in [2.45, 2.75) is 89.5 Å². The monoisotopic (exact) mass is 477 g/mol. The highest BCUT2D eigenvalue weighted by atomic mass is 127. The number of halogens is 1. The number of rotatable bonds is 6. The van der Waals surface area contributed by atoms with Crippen LogP contribution in [0.5, 0.6) is 0 Å². The van der Waals surface area contributed by atoms with Crippen molar-refractivity contribution in [2.75, 3.05) is 0 Å². The van der Waals surface area contributed by atoms with E-state index in [0.717, 1.165) is 41.2 Å². The lowest BCUT2D eigenvalue weighted by Crippen LogP contribution is -2.49. The molecule has 5 atom stereocenters. The second kappa shape index (κ2) is 6.89. The molecule has 0 aromatic carbocycles. The van der Waals surface area contributed by atoms with Gasteiger partial charge in [0.15, 0.2) is 0 Å². The maximum absolute atomic E-state index is 12.7. The van der Waals surface area contributed by atoms with E-state index < -0.39 is 11.0 Å². The topological polar surface area (TPSA) is 46.9 Å². The zero-order valence-electron chi connectivity index (χ0n) is 16.3. The van der Waals surface area contributed by atoms with E-state index in [-0.39, 0.29) is 10.3 Å². The minimum Gasteiger partial charge on any atom is -0.266 e. The van der Waals surface area contributed by atoms with Gasteiger partial charge in [-0.25, -0.2) is 8.93 Å². The Hall–Kier alpha value is 0.0500. The molecule has 3 rings (SSSR count). The van der Waals surface area contributed by atoms with Crippen LogP contribution in [0.25, 0.3) is 0 Å². The van der Waals surface area contributed by atoms with Gasteiger partial charge in [0.1, 0.15) is 3.70 Å². The lowest BCUT2D eigenvalue weighted by molar-refractivity contribution is 0.319. The van der Waals surface area contributed by atoms with E-state index in [4.69, 9.17) is 5.10 Å². The molecule has 142 valence electrons. The molecule has 1 heterocycles. The highest BCUT2D eigenvalue weighted by Gasteiger charge is 2.62. The summed E-state index contributed by atoms with van der Waals surface area (Å²) in [4.78, 5) is 0. The van der Waals surface area contributed by atoms with Crippen molar-refractivity contribution >= 4 is 33.6 Å². The van der Waals surface area contributed by atoms with Crippen LogP contribution in [0.4, 0.5) is 0 Å². The molecule has 0 saturated heterocycles. The molecular weight excluding hydrogens is 445 g/mol. The van der Waals surface area contributed by atoms with E-state index in [1.165, 1.54) is 5.69 Å². The van der Waals surface area contributed by atoms with Crippen molar-refractivity contribution in [3.05, 3.63) is 15.5 Å². The first kappa shape index (κ1) is 19.8. The molecule has 0 radical (unpaired) electrons. The van der Waals surface area contributed by atoms with Gasteiger partial charge in [-0.3, -0.25) is 4.68 Å². The number of aromatic nitrogens is 2. The Morgan fingerprint density at radius 3 is 2.48 bits per heavy atom. The van der Waals surface area contributed by atoms with E-state index in [2.05, 4.69) is 79.6 Å². The highest BCUT2D eigenvalue weighted by molar-refractivity contribution is 14.1. The van der Waals surface area contributed by atoms with Crippen molar-refractivity contribution in [1.82, 2.24) is 14.5 Å². The van der Waals surface area contributed by atoms with Gasteiger partial charge in [0.05, 0.1) is 15.7 Å². The Morgan fingerprint density at radius 1 is 1.40 bits per heavy atom. The molecule has 2 aliphatic carbocycles. The summed E-state index contributed by atoms with van der Waals surface area (Å²) in [6.45, 7) is 12.8. The van der Waals surface area contributed by atoms with E-state index in [9.17, 15) is 4.21 Å². The van der Waals surface area contributed by atoms with Crippen LogP contribution in [0.3, 0.4) is 0 Å². The molecule has 2 aliphatic rings. The summed E-state index contributed by atoms with van der Waals surface area (Å²) in [6.07, 6.45) is 4.56. The van der Waals surface area contributed by atoms with Gasteiger partial charge in [0.25, 0.3) is 0 Å². The Morgan fingerprint density at radius 2 is 2.00 bits per heavy atom. The normalized spacial score (nSPS) is 32.9. The first-order chi connectivity index (χ1) is 11.6. The highest BCUT2D eigenvalue weighted by Crippen LogP contribution is 2.66. The molecule has 2 fully saturated rings. The minimum atomic E-state index is -0.994. The first-order valence-corrected chi connectivity index (χ1v) is 11.8. The lowest BCUT2D eigenvalue weighted by atomic mass is 9.87. The largest absolute Gasteiger partial charge is 0.266 e. The number of hydrogen-bond donors (Lipinski definition) is 1. The van der Waals surface area contributed by atoms with Gasteiger partial charge >= 0.3 is 0 Å². The fourth-order valence-corrected chi connectivity index (χ4v) is 6.15. The predicted molar refractivity (Wildman–Crippen MR) is 113 cm³/mol. The standard InChI is InChI=1S/C19H32IN3OS/c1-7-8-19(22-25(24)18(4,5)6)10-13-14(11-19)17(13)15-9-16(20)21-23(15)12(2)3/h9,12-14,17,22H,7-8,10-11H2,1-6H3/t13-,14+,17?,19?,25-/m0/s1. The first-order valence-electron chi connectivity index (χ1n) is 9.52. The summed E-state index contributed by atoms with van der Waals surface area (Å²) in [7, 11) is -0.994. The average Bonchev–Trinajstić information content (AvgIpc) is 2.82. The number of nitrogens with one attached hydrogen (secondary N) is 1. The molecule has 1 aromatic rings. The summed E-state index contributed by atoms with van der Waals surface area (Å²) in [5, 5.41) is 4.69. The molecule has 6 heteroatoms. The van der Waals surface area contributed by atoms with Crippen LogP contribution in [-0.4, -0.2) is 24.3 Å². The van der Waals surface area contributed by atoms with Crippen LogP contribution in [0.1, 0.15) is 84.9 Å². The van der Waals surface area contributed by atoms with Gasteiger partial charge < -0.3 is 0 Å². The molecule has 0 aliphatic heterocycles. The number of fused-ring (bicyclic) bond motifs is 1. The molecule has 0 spiro atoms. The summed E-state index contributed by atoms with van der Waals surface area (Å²) in [6, 6.07) is 2.68. The van der Waals surface area contributed by atoms with E-state index in [1.54, 1.807) is 0 Å². The smallest absolute Gasteiger partial charge is 0.123 e. The van der Waals surface area contributed by atoms with E-state index in [1.807, 2.05) is 0 Å². The fraction of sp³-hybridized carbons (Fsp3) is 0.842. The zero-order chi connectivity index (χ0) is 18.6. The van der Waals surface area contributed by atoms with Crippen LogP contribution in [0.2, 0.25) is 0 Å². The van der Waals surface area contributed by atoms with Crippen LogP contribution in [-0.2, 0) is 11.0 Å². The molecule has 4 nitrogen and oxygen atoms in total. The van der Waals surface area contributed by atoms with Gasteiger partial charge in [-0.05, 0) is 94.4 Å². The Balaban J connectivity index is 1.74. The second-order valence-corrected chi connectivity index (χ2v) is 12.3.